The fourth-order valence-electron chi connectivity index (χ4n) is 3.94. The predicted octanol–water partition coefficient (Wildman–Crippen LogP) is 4.49. The average molecular weight is 493 g/mol. The van der Waals surface area contributed by atoms with Crippen LogP contribution in [-0.2, 0) is 22.9 Å². The first-order valence-electron chi connectivity index (χ1n) is 11.4. The Hall–Kier alpha value is -1.93. The van der Waals surface area contributed by atoms with Crippen LogP contribution in [0, 0.1) is 0 Å². The van der Waals surface area contributed by atoms with Crippen molar-refractivity contribution in [3.8, 4) is 5.75 Å². The minimum atomic E-state index is -3.75. The second-order valence-corrected chi connectivity index (χ2v) is 11.0. The molecule has 0 saturated heterocycles. The number of fused-ring (bicyclic) bond motifs is 1. The summed E-state index contributed by atoms with van der Waals surface area (Å²) in [6.45, 7) is 5.73. The molecular weight excluding hydrogens is 460 g/mol. The molecule has 2 aromatic carbocycles. The number of unbranched alkanes of at least 4 members (excludes halogenated alkanes) is 1. The van der Waals surface area contributed by atoms with Gasteiger partial charge >= 0.3 is 0 Å². The highest BCUT2D eigenvalue weighted by atomic mass is 35.5. The Morgan fingerprint density at radius 2 is 1.94 bits per heavy atom. The van der Waals surface area contributed by atoms with Gasteiger partial charge in [-0.15, -0.1) is 0 Å². The molecular formula is C25H33ClN2O4S. The van der Waals surface area contributed by atoms with E-state index in [2.05, 4.69) is 16.7 Å². The molecule has 0 fully saturated rings. The van der Waals surface area contributed by atoms with E-state index in [0.717, 1.165) is 48.5 Å². The van der Waals surface area contributed by atoms with Crippen LogP contribution in [0.3, 0.4) is 0 Å². The number of hydrogen-bond donors (Lipinski definition) is 1. The molecule has 0 spiro atoms. The van der Waals surface area contributed by atoms with Crippen LogP contribution < -0.4 is 9.46 Å². The van der Waals surface area contributed by atoms with Crippen molar-refractivity contribution in [3.63, 3.8) is 0 Å². The summed E-state index contributed by atoms with van der Waals surface area (Å²) in [4.78, 5) is 15.2. The van der Waals surface area contributed by atoms with E-state index in [1.54, 1.807) is 19.9 Å². The van der Waals surface area contributed by atoms with Gasteiger partial charge in [-0.1, -0.05) is 29.8 Å². The summed E-state index contributed by atoms with van der Waals surface area (Å²) in [7, 11) is -1.69. The Balaban J connectivity index is 1.54. The summed E-state index contributed by atoms with van der Waals surface area (Å²) in [5, 5.41) is 0.793. The van der Waals surface area contributed by atoms with Gasteiger partial charge in [0.1, 0.15) is 10.6 Å². The highest BCUT2D eigenvalue weighted by Gasteiger charge is 2.28. The molecule has 0 unspecified atom stereocenters. The zero-order valence-corrected chi connectivity index (χ0v) is 21.1. The quantitative estimate of drug-likeness (QED) is 0.349. The number of benzene rings is 2. The number of likely N-dealkylation sites (N-methyl/N-ethyl adjacent to an activating group) is 1. The van der Waals surface area contributed by atoms with E-state index in [1.165, 1.54) is 6.07 Å². The number of halogens is 1. The van der Waals surface area contributed by atoms with Gasteiger partial charge in [0, 0.05) is 36.0 Å². The molecule has 0 aromatic heterocycles. The van der Waals surface area contributed by atoms with Gasteiger partial charge in [-0.3, -0.25) is 4.79 Å². The number of rotatable bonds is 12. The molecule has 0 aliphatic carbocycles. The van der Waals surface area contributed by atoms with E-state index in [9.17, 15) is 13.2 Å². The van der Waals surface area contributed by atoms with E-state index in [0.29, 0.717) is 30.8 Å². The van der Waals surface area contributed by atoms with Crippen molar-refractivity contribution < 1.29 is 17.9 Å². The lowest BCUT2D eigenvalue weighted by atomic mass is 10.0. The van der Waals surface area contributed by atoms with Crippen molar-refractivity contribution in [2.75, 3.05) is 26.7 Å². The largest absolute Gasteiger partial charge is 0.492 e. The van der Waals surface area contributed by atoms with Crippen molar-refractivity contribution in [3.05, 3.63) is 58.1 Å². The van der Waals surface area contributed by atoms with Gasteiger partial charge in [0.05, 0.1) is 6.61 Å². The molecule has 0 radical (unpaired) electrons. The van der Waals surface area contributed by atoms with Crippen LogP contribution in [0.4, 0.5) is 0 Å². The normalized spacial score (nSPS) is 13.4. The number of ketones is 1. The number of sulfonamides is 1. The molecule has 0 saturated carbocycles. The van der Waals surface area contributed by atoms with Gasteiger partial charge in [-0.25, -0.2) is 13.1 Å². The summed E-state index contributed by atoms with van der Waals surface area (Å²) in [6.07, 6.45) is 3.51. The molecule has 6 nitrogen and oxygen atoms in total. The van der Waals surface area contributed by atoms with E-state index in [-0.39, 0.29) is 16.7 Å². The molecule has 0 amide bonds. The maximum absolute atomic E-state index is 12.9. The molecule has 3 rings (SSSR count). The third-order valence-electron chi connectivity index (χ3n) is 5.67. The third-order valence-corrected chi connectivity index (χ3v) is 7.70. The minimum absolute atomic E-state index is 0.0376. The van der Waals surface area contributed by atoms with E-state index in [4.69, 9.17) is 16.3 Å². The van der Waals surface area contributed by atoms with Crippen molar-refractivity contribution in [2.45, 2.75) is 56.9 Å². The van der Waals surface area contributed by atoms with Crippen LogP contribution in [0.2, 0.25) is 5.02 Å². The number of nitrogens with zero attached hydrogens (tertiary/aromatic N) is 1. The second kappa shape index (κ2) is 11.5. The Labute approximate surface area is 202 Å². The third kappa shape index (κ3) is 7.03. The van der Waals surface area contributed by atoms with Crippen LogP contribution in [0.25, 0.3) is 0 Å². The maximum Gasteiger partial charge on any atom is 0.244 e. The highest BCUT2D eigenvalue weighted by Crippen LogP contribution is 2.34. The summed E-state index contributed by atoms with van der Waals surface area (Å²) in [5.74, 6) is 0.337. The average Bonchev–Trinajstić information content (AvgIpc) is 3.23. The minimum Gasteiger partial charge on any atom is -0.492 e. The molecule has 33 heavy (non-hydrogen) atoms. The van der Waals surface area contributed by atoms with E-state index < -0.39 is 10.0 Å². The van der Waals surface area contributed by atoms with Gasteiger partial charge in [0.25, 0.3) is 0 Å². The zero-order chi connectivity index (χ0) is 24.0. The first-order valence-corrected chi connectivity index (χ1v) is 13.3. The monoisotopic (exact) mass is 492 g/mol. The number of carbonyl (C=O) groups is 1. The van der Waals surface area contributed by atoms with Crippen LogP contribution in [0.15, 0.2) is 41.3 Å². The van der Waals surface area contributed by atoms with Crippen molar-refractivity contribution in [1.82, 2.24) is 9.62 Å². The van der Waals surface area contributed by atoms with Crippen LogP contribution in [0.5, 0.6) is 5.75 Å². The Morgan fingerprint density at radius 1 is 1.18 bits per heavy atom. The number of carbonyl (C=O) groups excluding carboxylic acids is 1. The Bertz CT molecular complexity index is 1090. The number of nitrogens with one attached hydrogen (secondary N) is 1. The Morgan fingerprint density at radius 3 is 2.67 bits per heavy atom. The fraction of sp³-hybridized carbons (Fsp3) is 0.480. The zero-order valence-electron chi connectivity index (χ0n) is 19.6. The Kier molecular flexibility index (Phi) is 8.93. The lowest BCUT2D eigenvalue weighted by molar-refractivity contribution is 0.0978. The standard InChI is InChI=1S/C25H33ClN2O4S/c1-18(2)27-33(30,31)24-17-21(16-20-12-15-32-25(20)24)23(29)10-6-7-13-28(3)14-11-19-8-4-5-9-22(19)26/h4-5,8-9,16-18,27H,6-7,10-15H2,1-3H3. The summed E-state index contributed by atoms with van der Waals surface area (Å²) in [5.41, 5.74) is 2.36. The molecule has 1 aliphatic rings. The molecule has 180 valence electrons. The first-order chi connectivity index (χ1) is 15.7. The number of hydrogen-bond acceptors (Lipinski definition) is 5. The van der Waals surface area contributed by atoms with E-state index in [1.807, 2.05) is 24.3 Å². The van der Waals surface area contributed by atoms with Gasteiger partial charge in [-0.05, 0) is 76.0 Å². The van der Waals surface area contributed by atoms with E-state index >= 15 is 0 Å². The summed E-state index contributed by atoms with van der Waals surface area (Å²) < 4.78 is 33.7. The predicted molar refractivity (Wildman–Crippen MR) is 132 cm³/mol. The van der Waals surface area contributed by atoms with Crippen LogP contribution in [0.1, 0.15) is 54.6 Å². The van der Waals surface area contributed by atoms with Crippen LogP contribution >= 0.6 is 11.6 Å². The second-order valence-electron chi connectivity index (χ2n) is 8.86. The summed E-state index contributed by atoms with van der Waals surface area (Å²) in [6, 6.07) is 10.9. The summed E-state index contributed by atoms with van der Waals surface area (Å²) >= 11 is 6.22. The molecule has 2 aromatic rings. The maximum atomic E-state index is 12.9. The van der Waals surface area contributed by atoms with Gasteiger partial charge in [0.2, 0.25) is 10.0 Å². The molecule has 0 bridgehead atoms. The topological polar surface area (TPSA) is 75.7 Å². The molecule has 0 atom stereocenters. The van der Waals surface area contributed by atoms with Gasteiger partial charge in [-0.2, -0.15) is 0 Å². The number of Topliss-reactive ketones (excluding diaryl/α,β-unsaturated/α-hetero) is 1. The molecule has 1 heterocycles. The smallest absolute Gasteiger partial charge is 0.244 e. The van der Waals surface area contributed by atoms with Gasteiger partial charge in [0.15, 0.2) is 5.78 Å². The lowest BCUT2D eigenvalue weighted by Gasteiger charge is -2.17. The molecule has 1 N–H and O–H groups in total. The van der Waals surface area contributed by atoms with Crippen LogP contribution in [-0.4, -0.2) is 51.9 Å². The fourth-order valence-corrected chi connectivity index (χ4v) is 5.64. The highest BCUT2D eigenvalue weighted by molar-refractivity contribution is 7.89. The SMILES string of the molecule is CC(C)NS(=O)(=O)c1cc(C(=O)CCCCN(C)CCc2ccccc2Cl)cc2c1OCC2. The van der Waals surface area contributed by atoms with Crippen molar-refractivity contribution in [1.29, 1.82) is 0 Å². The lowest BCUT2D eigenvalue weighted by Crippen LogP contribution is -2.30. The molecule has 8 heteroatoms. The van der Waals surface area contributed by atoms with Crippen molar-refractivity contribution in [2.24, 2.45) is 0 Å². The van der Waals surface area contributed by atoms with Gasteiger partial charge < -0.3 is 9.64 Å². The van der Waals surface area contributed by atoms with Crippen molar-refractivity contribution >= 4 is 27.4 Å². The molecule has 1 aliphatic heterocycles. The number of ether oxygens (including phenoxy) is 1. The first kappa shape index (κ1) is 25.7.